The van der Waals surface area contributed by atoms with Crippen molar-refractivity contribution in [3.05, 3.63) is 64.7 Å². The van der Waals surface area contributed by atoms with E-state index in [0.717, 1.165) is 24.0 Å². The minimum absolute atomic E-state index is 0.0775. The second kappa shape index (κ2) is 5.57. The first-order valence-electron chi connectivity index (χ1n) is 6.23. The monoisotopic (exact) mass is 254 g/mol. The lowest BCUT2D eigenvalue weighted by atomic mass is 9.96. The number of carboxylic acids is 1. The molecule has 3 heteroatoms. The Morgan fingerprint density at radius 3 is 2.42 bits per heavy atom. The van der Waals surface area contributed by atoms with Crippen molar-refractivity contribution in [1.82, 2.24) is 0 Å². The molecule has 2 rings (SSSR count). The van der Waals surface area contributed by atoms with Gasteiger partial charge in [-0.05, 0) is 36.5 Å². The second-order valence-electron chi connectivity index (χ2n) is 4.60. The van der Waals surface area contributed by atoms with Gasteiger partial charge in [-0.1, -0.05) is 42.5 Å². The smallest absolute Gasteiger partial charge is 0.0736 e. The van der Waals surface area contributed by atoms with Crippen molar-refractivity contribution in [3.63, 3.8) is 0 Å². The highest BCUT2D eigenvalue weighted by molar-refractivity contribution is 5.93. The predicted octanol–water partition coefficient (Wildman–Crippen LogP) is 1.73. The Kier molecular flexibility index (Phi) is 3.85. The predicted molar refractivity (Wildman–Crippen MR) is 73.8 cm³/mol. The molecule has 3 nitrogen and oxygen atoms in total. The Hall–Kier alpha value is -2.29. The first-order valence-corrected chi connectivity index (χ1v) is 6.23. The van der Waals surface area contributed by atoms with Crippen LogP contribution in [-0.4, -0.2) is 5.97 Å². The summed E-state index contributed by atoms with van der Waals surface area (Å²) in [6, 6.07) is 13.3. The zero-order chi connectivity index (χ0) is 13.8. The molecule has 0 aromatic heterocycles. The number of carbonyl (C=O) groups excluding carboxylic acids is 1. The van der Waals surface area contributed by atoms with Crippen LogP contribution in [0.15, 0.2) is 42.5 Å². The molecule has 2 aromatic rings. The van der Waals surface area contributed by atoms with Crippen molar-refractivity contribution >= 4 is 11.7 Å². The highest BCUT2D eigenvalue weighted by Gasteiger charge is 2.09. The van der Waals surface area contributed by atoms with Crippen molar-refractivity contribution < 1.29 is 9.90 Å². The highest BCUT2D eigenvalue weighted by atomic mass is 16.4. The van der Waals surface area contributed by atoms with E-state index in [1.807, 2.05) is 37.3 Å². The number of carbonyl (C=O) groups is 1. The average Bonchev–Trinajstić information content (AvgIpc) is 2.39. The number of nitrogens with two attached hydrogens (primary N) is 1. The lowest BCUT2D eigenvalue weighted by Gasteiger charge is -2.14. The number of benzene rings is 2. The summed E-state index contributed by atoms with van der Waals surface area (Å²) in [6.45, 7) is 1.94. The Morgan fingerprint density at radius 1 is 1.11 bits per heavy atom. The number of nitrogen functional groups attached to an aromatic ring is 1. The van der Waals surface area contributed by atoms with Crippen LogP contribution in [0.1, 0.15) is 27.0 Å². The number of anilines is 1. The number of rotatable bonds is 4. The lowest BCUT2D eigenvalue weighted by molar-refractivity contribution is -0.254. The van der Waals surface area contributed by atoms with E-state index in [1.165, 1.54) is 11.6 Å². The van der Waals surface area contributed by atoms with E-state index in [0.29, 0.717) is 5.69 Å². The van der Waals surface area contributed by atoms with Gasteiger partial charge in [0.1, 0.15) is 0 Å². The topological polar surface area (TPSA) is 66.1 Å². The third-order valence-electron chi connectivity index (χ3n) is 3.32. The van der Waals surface area contributed by atoms with Crippen LogP contribution in [0.25, 0.3) is 0 Å². The molecular formula is C16H16NO2-. The maximum absolute atomic E-state index is 11.0. The maximum Gasteiger partial charge on any atom is 0.0736 e. The van der Waals surface area contributed by atoms with Crippen LogP contribution in [-0.2, 0) is 12.8 Å². The van der Waals surface area contributed by atoms with Gasteiger partial charge in [0, 0.05) is 11.3 Å². The quantitative estimate of drug-likeness (QED) is 0.845. The molecule has 0 spiro atoms. The first-order chi connectivity index (χ1) is 9.09. The van der Waals surface area contributed by atoms with Gasteiger partial charge in [-0.15, -0.1) is 0 Å². The molecule has 0 unspecified atom stereocenters. The van der Waals surface area contributed by atoms with Crippen molar-refractivity contribution in [3.8, 4) is 0 Å². The summed E-state index contributed by atoms with van der Waals surface area (Å²) in [5.74, 6) is -1.22. The summed E-state index contributed by atoms with van der Waals surface area (Å²) in [5, 5.41) is 11.0. The zero-order valence-electron chi connectivity index (χ0n) is 10.8. The fraction of sp³-hybridized carbons (Fsp3) is 0.188. The standard InChI is InChI=1S/C16H17NO2/c1-11-7-9-14(16(18)19)15(17)13(11)10-8-12-5-3-2-4-6-12/h2-7,9H,8,10,17H2,1H3,(H,18,19)/p-1. The molecule has 2 N–H and O–H groups in total. The summed E-state index contributed by atoms with van der Waals surface area (Å²) in [4.78, 5) is 11.0. The lowest BCUT2D eigenvalue weighted by Crippen LogP contribution is -2.24. The molecule has 0 atom stereocenters. The van der Waals surface area contributed by atoms with Crippen LogP contribution in [0.5, 0.6) is 0 Å². The van der Waals surface area contributed by atoms with Gasteiger partial charge in [0.2, 0.25) is 0 Å². The van der Waals surface area contributed by atoms with Crippen LogP contribution < -0.4 is 10.8 Å². The van der Waals surface area contributed by atoms with Crippen LogP contribution in [0, 0.1) is 6.92 Å². The van der Waals surface area contributed by atoms with Gasteiger partial charge in [0.25, 0.3) is 0 Å². The fourth-order valence-corrected chi connectivity index (χ4v) is 2.20. The van der Waals surface area contributed by atoms with Crippen LogP contribution in [0.3, 0.4) is 0 Å². The molecule has 0 fully saturated rings. The third kappa shape index (κ3) is 2.94. The zero-order valence-corrected chi connectivity index (χ0v) is 10.8. The second-order valence-corrected chi connectivity index (χ2v) is 4.60. The van der Waals surface area contributed by atoms with Gasteiger partial charge in [0.05, 0.1) is 5.97 Å². The fourth-order valence-electron chi connectivity index (χ4n) is 2.20. The van der Waals surface area contributed by atoms with E-state index in [9.17, 15) is 9.90 Å². The average molecular weight is 254 g/mol. The minimum Gasteiger partial charge on any atom is -0.545 e. The van der Waals surface area contributed by atoms with E-state index < -0.39 is 5.97 Å². The van der Waals surface area contributed by atoms with Gasteiger partial charge in [-0.3, -0.25) is 0 Å². The molecular weight excluding hydrogens is 238 g/mol. The number of aryl methyl sites for hydroxylation is 2. The van der Waals surface area contributed by atoms with Gasteiger partial charge in [-0.25, -0.2) is 0 Å². The van der Waals surface area contributed by atoms with Gasteiger partial charge < -0.3 is 15.6 Å². The SMILES string of the molecule is Cc1ccc(C(=O)[O-])c(N)c1CCc1ccccc1. The number of hydrogen-bond acceptors (Lipinski definition) is 3. The molecule has 0 bridgehead atoms. The molecule has 0 saturated carbocycles. The number of hydrogen-bond donors (Lipinski definition) is 1. The molecule has 0 aliphatic rings. The molecule has 0 radical (unpaired) electrons. The summed E-state index contributed by atoms with van der Waals surface area (Å²) >= 11 is 0. The Labute approximate surface area is 112 Å². The largest absolute Gasteiger partial charge is 0.545 e. The highest BCUT2D eigenvalue weighted by Crippen LogP contribution is 2.23. The minimum atomic E-state index is -1.22. The Balaban J connectivity index is 2.25. The molecule has 0 heterocycles. The van der Waals surface area contributed by atoms with Crippen LogP contribution in [0.4, 0.5) is 5.69 Å². The van der Waals surface area contributed by atoms with E-state index in [4.69, 9.17) is 5.73 Å². The Bertz CT molecular complexity index is 591. The number of carboxylic acid groups (broad SMARTS) is 1. The summed E-state index contributed by atoms with van der Waals surface area (Å²) in [5.41, 5.74) is 9.45. The van der Waals surface area contributed by atoms with E-state index in [1.54, 1.807) is 6.07 Å². The maximum atomic E-state index is 11.0. The summed E-state index contributed by atoms with van der Waals surface area (Å²) in [7, 11) is 0. The molecule has 98 valence electrons. The van der Waals surface area contributed by atoms with Crippen molar-refractivity contribution in [1.29, 1.82) is 0 Å². The van der Waals surface area contributed by atoms with Crippen molar-refractivity contribution in [2.24, 2.45) is 0 Å². The normalized spacial score (nSPS) is 10.4. The summed E-state index contributed by atoms with van der Waals surface area (Å²) < 4.78 is 0. The molecule has 0 aliphatic carbocycles. The summed E-state index contributed by atoms with van der Waals surface area (Å²) in [6.07, 6.45) is 1.56. The van der Waals surface area contributed by atoms with Gasteiger partial charge in [0.15, 0.2) is 0 Å². The molecule has 0 saturated heterocycles. The van der Waals surface area contributed by atoms with Crippen LogP contribution in [0.2, 0.25) is 0 Å². The first kappa shape index (κ1) is 13.1. The third-order valence-corrected chi connectivity index (χ3v) is 3.32. The molecule has 0 aliphatic heterocycles. The molecule has 0 amide bonds. The van der Waals surface area contributed by atoms with Crippen molar-refractivity contribution in [2.45, 2.75) is 19.8 Å². The van der Waals surface area contributed by atoms with E-state index in [-0.39, 0.29) is 5.56 Å². The molecule has 2 aromatic carbocycles. The van der Waals surface area contributed by atoms with E-state index in [2.05, 4.69) is 0 Å². The van der Waals surface area contributed by atoms with Crippen molar-refractivity contribution in [2.75, 3.05) is 5.73 Å². The Morgan fingerprint density at radius 2 is 1.79 bits per heavy atom. The van der Waals surface area contributed by atoms with Gasteiger partial charge in [-0.2, -0.15) is 0 Å². The van der Waals surface area contributed by atoms with E-state index >= 15 is 0 Å². The number of aromatic carboxylic acids is 1. The van der Waals surface area contributed by atoms with Gasteiger partial charge >= 0.3 is 0 Å². The molecule has 19 heavy (non-hydrogen) atoms. The van der Waals surface area contributed by atoms with Crippen LogP contribution >= 0.6 is 0 Å².